The molecule has 1 atom stereocenters. The van der Waals surface area contributed by atoms with Crippen LogP contribution in [0.5, 0.6) is 0 Å². The highest BCUT2D eigenvalue weighted by atomic mass is 32.2. The Kier molecular flexibility index (Phi) is 5.94. The Morgan fingerprint density at radius 3 is 2.64 bits per heavy atom. The van der Waals surface area contributed by atoms with E-state index in [9.17, 15) is 8.42 Å². The number of aromatic nitrogens is 1. The van der Waals surface area contributed by atoms with E-state index >= 15 is 0 Å². The van der Waals surface area contributed by atoms with Crippen LogP contribution in [0.25, 0.3) is 0 Å². The topological polar surface area (TPSA) is 53.5 Å². The lowest BCUT2D eigenvalue weighted by Crippen LogP contribution is -2.50. The normalized spacial score (nSPS) is 20.7. The first-order valence-corrected chi connectivity index (χ1v) is 9.57. The molecule has 0 N–H and O–H groups in total. The zero-order valence-corrected chi connectivity index (χ0v) is 14.6. The summed E-state index contributed by atoms with van der Waals surface area (Å²) in [6, 6.07) is 4.34. The van der Waals surface area contributed by atoms with Crippen LogP contribution in [-0.2, 0) is 16.6 Å². The van der Waals surface area contributed by atoms with Gasteiger partial charge in [-0.05, 0) is 50.9 Å². The van der Waals surface area contributed by atoms with E-state index < -0.39 is 10.0 Å². The molecule has 0 aromatic carbocycles. The van der Waals surface area contributed by atoms with Crippen LogP contribution in [0.2, 0.25) is 0 Å². The molecule has 6 heteroatoms. The minimum absolute atomic E-state index is 0.292. The van der Waals surface area contributed by atoms with Crippen LogP contribution in [-0.4, -0.2) is 53.5 Å². The van der Waals surface area contributed by atoms with E-state index in [0.717, 1.165) is 25.9 Å². The summed E-state index contributed by atoms with van der Waals surface area (Å²) in [5.41, 5.74) is 1.22. The van der Waals surface area contributed by atoms with Gasteiger partial charge in [-0.25, -0.2) is 12.7 Å². The van der Waals surface area contributed by atoms with Gasteiger partial charge in [-0.15, -0.1) is 0 Å². The first-order chi connectivity index (χ1) is 10.4. The van der Waals surface area contributed by atoms with Gasteiger partial charge in [0.1, 0.15) is 0 Å². The Morgan fingerprint density at radius 1 is 1.36 bits per heavy atom. The van der Waals surface area contributed by atoms with Gasteiger partial charge < -0.3 is 0 Å². The van der Waals surface area contributed by atoms with Crippen molar-refractivity contribution in [1.29, 1.82) is 0 Å². The third-order valence-corrected chi connectivity index (χ3v) is 6.62. The third kappa shape index (κ3) is 4.06. The molecule has 5 nitrogen and oxygen atoms in total. The van der Waals surface area contributed by atoms with Gasteiger partial charge in [0.2, 0.25) is 10.0 Å². The van der Waals surface area contributed by atoms with E-state index in [4.69, 9.17) is 0 Å². The maximum atomic E-state index is 12.4. The molecule has 0 spiro atoms. The van der Waals surface area contributed by atoms with E-state index in [-0.39, 0.29) is 5.25 Å². The lowest BCUT2D eigenvalue weighted by molar-refractivity contribution is 0.133. The number of piperidine rings is 1. The van der Waals surface area contributed by atoms with Crippen LogP contribution in [0, 0.1) is 0 Å². The molecule has 22 heavy (non-hydrogen) atoms. The molecule has 0 aliphatic carbocycles. The Balaban J connectivity index is 2.07. The van der Waals surface area contributed by atoms with Crippen LogP contribution in [0.3, 0.4) is 0 Å². The highest BCUT2D eigenvalue weighted by Crippen LogP contribution is 2.22. The molecule has 1 unspecified atom stereocenters. The van der Waals surface area contributed by atoms with E-state index in [2.05, 4.69) is 16.8 Å². The van der Waals surface area contributed by atoms with Crippen molar-refractivity contribution in [3.8, 4) is 0 Å². The first kappa shape index (κ1) is 17.4. The summed E-state index contributed by atoms with van der Waals surface area (Å²) in [4.78, 5) is 6.42. The van der Waals surface area contributed by atoms with Gasteiger partial charge in [0, 0.05) is 38.1 Å². The zero-order chi connectivity index (χ0) is 16.2. The SMILES string of the molecule is CCN(Cc1ccncc1)C1CCCN(S(=O)(=O)C(C)C)C1. The summed E-state index contributed by atoms with van der Waals surface area (Å²) in [5.74, 6) is 0. The van der Waals surface area contributed by atoms with Gasteiger partial charge in [0.15, 0.2) is 0 Å². The molecule has 2 rings (SSSR count). The van der Waals surface area contributed by atoms with Crippen molar-refractivity contribution in [2.75, 3.05) is 19.6 Å². The van der Waals surface area contributed by atoms with E-state index in [0.29, 0.717) is 19.1 Å². The maximum Gasteiger partial charge on any atom is 0.216 e. The lowest BCUT2D eigenvalue weighted by atomic mass is 10.1. The molecule has 0 amide bonds. The van der Waals surface area contributed by atoms with Crippen molar-refractivity contribution in [3.63, 3.8) is 0 Å². The molecular weight excluding hydrogens is 298 g/mol. The Bertz CT molecular complexity index is 560. The number of pyridine rings is 1. The van der Waals surface area contributed by atoms with Gasteiger partial charge in [0.25, 0.3) is 0 Å². The average Bonchev–Trinajstić information content (AvgIpc) is 2.53. The van der Waals surface area contributed by atoms with E-state index in [1.807, 2.05) is 12.1 Å². The van der Waals surface area contributed by atoms with Gasteiger partial charge in [-0.1, -0.05) is 6.92 Å². The number of nitrogens with zero attached hydrogens (tertiary/aromatic N) is 3. The molecule has 1 aliphatic rings. The Hall–Kier alpha value is -0.980. The zero-order valence-electron chi connectivity index (χ0n) is 13.8. The van der Waals surface area contributed by atoms with Crippen molar-refractivity contribution in [3.05, 3.63) is 30.1 Å². The van der Waals surface area contributed by atoms with Crippen LogP contribution in [0.4, 0.5) is 0 Å². The Labute approximate surface area is 134 Å². The molecule has 1 saturated heterocycles. The second kappa shape index (κ2) is 7.53. The molecule has 1 aliphatic heterocycles. The molecule has 1 aromatic heterocycles. The highest BCUT2D eigenvalue weighted by Gasteiger charge is 2.32. The second-order valence-corrected chi connectivity index (χ2v) is 8.66. The van der Waals surface area contributed by atoms with Crippen LogP contribution in [0.1, 0.15) is 39.2 Å². The molecule has 2 heterocycles. The lowest BCUT2D eigenvalue weighted by Gasteiger charge is -2.39. The molecular formula is C16H27N3O2S. The van der Waals surface area contributed by atoms with Crippen LogP contribution in [0.15, 0.2) is 24.5 Å². The minimum Gasteiger partial charge on any atom is -0.295 e. The number of sulfonamides is 1. The van der Waals surface area contributed by atoms with Gasteiger partial charge in [-0.3, -0.25) is 9.88 Å². The minimum atomic E-state index is -3.15. The fourth-order valence-electron chi connectivity index (χ4n) is 2.97. The van der Waals surface area contributed by atoms with Crippen molar-refractivity contribution in [2.24, 2.45) is 0 Å². The second-order valence-electron chi connectivity index (χ2n) is 6.17. The number of rotatable bonds is 6. The monoisotopic (exact) mass is 325 g/mol. The molecule has 124 valence electrons. The molecule has 0 radical (unpaired) electrons. The fourth-order valence-corrected chi connectivity index (χ4v) is 4.33. The van der Waals surface area contributed by atoms with Gasteiger partial charge in [0.05, 0.1) is 5.25 Å². The summed E-state index contributed by atoms with van der Waals surface area (Å²) < 4.78 is 26.5. The smallest absolute Gasteiger partial charge is 0.216 e. The van der Waals surface area contributed by atoms with Crippen LogP contribution < -0.4 is 0 Å². The summed E-state index contributed by atoms with van der Waals surface area (Å²) in [5, 5.41) is -0.346. The van der Waals surface area contributed by atoms with E-state index in [1.54, 1.807) is 30.5 Å². The number of hydrogen-bond donors (Lipinski definition) is 0. The van der Waals surface area contributed by atoms with Crippen molar-refractivity contribution in [2.45, 2.75) is 51.4 Å². The largest absolute Gasteiger partial charge is 0.295 e. The number of likely N-dealkylation sites (N-methyl/N-ethyl adjacent to an activating group) is 1. The maximum absolute atomic E-state index is 12.4. The molecule has 0 bridgehead atoms. The standard InChI is InChI=1S/C16H27N3O2S/c1-4-18(12-15-7-9-17-10-8-15)16-6-5-11-19(13-16)22(20,21)14(2)3/h7-10,14,16H,4-6,11-13H2,1-3H3. The average molecular weight is 325 g/mol. The summed E-state index contributed by atoms with van der Waals surface area (Å²) in [6.45, 7) is 8.68. The molecule has 0 saturated carbocycles. The first-order valence-electron chi connectivity index (χ1n) is 8.07. The quantitative estimate of drug-likeness (QED) is 0.804. The highest BCUT2D eigenvalue weighted by molar-refractivity contribution is 7.89. The molecule has 1 fully saturated rings. The van der Waals surface area contributed by atoms with Crippen molar-refractivity contribution in [1.82, 2.24) is 14.2 Å². The number of hydrogen-bond acceptors (Lipinski definition) is 4. The molecule has 1 aromatic rings. The fraction of sp³-hybridized carbons (Fsp3) is 0.688. The summed E-state index contributed by atoms with van der Waals surface area (Å²) in [7, 11) is -3.15. The van der Waals surface area contributed by atoms with Gasteiger partial charge >= 0.3 is 0 Å². The van der Waals surface area contributed by atoms with Gasteiger partial charge in [-0.2, -0.15) is 0 Å². The van der Waals surface area contributed by atoms with E-state index in [1.165, 1.54) is 5.56 Å². The predicted octanol–water partition coefficient (Wildman–Crippen LogP) is 2.11. The summed E-state index contributed by atoms with van der Waals surface area (Å²) >= 11 is 0. The summed E-state index contributed by atoms with van der Waals surface area (Å²) in [6.07, 6.45) is 5.60. The van der Waals surface area contributed by atoms with Crippen molar-refractivity contribution < 1.29 is 8.42 Å². The van der Waals surface area contributed by atoms with Crippen molar-refractivity contribution >= 4 is 10.0 Å². The Morgan fingerprint density at radius 2 is 2.05 bits per heavy atom. The van der Waals surface area contributed by atoms with Crippen LogP contribution >= 0.6 is 0 Å². The predicted molar refractivity (Wildman–Crippen MR) is 89.0 cm³/mol. The third-order valence-electron chi connectivity index (χ3n) is 4.37.